The van der Waals surface area contributed by atoms with Crippen molar-refractivity contribution in [3.05, 3.63) is 0 Å². The Balaban J connectivity index is 2.56. The SMILES string of the molecule is CCCCN(CCCC)S(=O)(=O)CC1CCCNC1. The zero-order chi connectivity index (χ0) is 14.1. The van der Waals surface area contributed by atoms with Crippen molar-refractivity contribution in [2.24, 2.45) is 5.92 Å². The maximum Gasteiger partial charge on any atom is 0.214 e. The third-order valence-electron chi connectivity index (χ3n) is 3.76. The van der Waals surface area contributed by atoms with Gasteiger partial charge in [-0.1, -0.05) is 26.7 Å². The Morgan fingerprint density at radius 1 is 1.16 bits per heavy atom. The standard InChI is InChI=1S/C14H30N2O2S/c1-3-5-10-16(11-6-4-2)19(17,18)13-14-8-7-9-15-12-14/h14-15H,3-13H2,1-2H3. The van der Waals surface area contributed by atoms with Crippen LogP contribution in [0.2, 0.25) is 0 Å². The number of piperidine rings is 1. The van der Waals surface area contributed by atoms with Crippen LogP contribution in [0.25, 0.3) is 0 Å². The molecule has 4 nitrogen and oxygen atoms in total. The first-order valence-electron chi connectivity index (χ1n) is 7.78. The first-order chi connectivity index (χ1) is 9.10. The largest absolute Gasteiger partial charge is 0.316 e. The Labute approximate surface area is 119 Å². The smallest absolute Gasteiger partial charge is 0.214 e. The van der Waals surface area contributed by atoms with Crippen LogP contribution in [0.15, 0.2) is 0 Å². The fourth-order valence-electron chi connectivity index (χ4n) is 2.53. The van der Waals surface area contributed by atoms with Crippen molar-refractivity contribution in [2.75, 3.05) is 31.9 Å². The molecule has 0 aromatic carbocycles. The summed E-state index contributed by atoms with van der Waals surface area (Å²) in [6.07, 6.45) is 6.16. The van der Waals surface area contributed by atoms with E-state index in [9.17, 15) is 8.42 Å². The molecule has 1 fully saturated rings. The van der Waals surface area contributed by atoms with E-state index in [1.807, 2.05) is 0 Å². The van der Waals surface area contributed by atoms with E-state index in [4.69, 9.17) is 0 Å². The molecule has 1 unspecified atom stereocenters. The maximum absolute atomic E-state index is 12.5. The minimum absolute atomic E-state index is 0.296. The molecule has 1 atom stereocenters. The summed E-state index contributed by atoms with van der Waals surface area (Å²) < 4.78 is 26.7. The molecule has 0 amide bonds. The average molecular weight is 290 g/mol. The molecule has 0 saturated carbocycles. The zero-order valence-electron chi connectivity index (χ0n) is 12.5. The molecule has 0 aliphatic carbocycles. The van der Waals surface area contributed by atoms with Gasteiger partial charge in [0.2, 0.25) is 10.0 Å². The van der Waals surface area contributed by atoms with Crippen LogP contribution in [-0.4, -0.2) is 44.7 Å². The van der Waals surface area contributed by atoms with Crippen LogP contribution < -0.4 is 5.32 Å². The van der Waals surface area contributed by atoms with E-state index in [0.29, 0.717) is 24.8 Å². The van der Waals surface area contributed by atoms with Crippen LogP contribution in [-0.2, 0) is 10.0 Å². The zero-order valence-corrected chi connectivity index (χ0v) is 13.3. The van der Waals surface area contributed by atoms with Gasteiger partial charge in [-0.2, -0.15) is 0 Å². The lowest BCUT2D eigenvalue weighted by Crippen LogP contribution is -2.40. The van der Waals surface area contributed by atoms with E-state index in [0.717, 1.165) is 51.6 Å². The van der Waals surface area contributed by atoms with Crippen molar-refractivity contribution < 1.29 is 8.42 Å². The van der Waals surface area contributed by atoms with E-state index in [1.54, 1.807) is 4.31 Å². The molecular weight excluding hydrogens is 260 g/mol. The molecule has 0 aromatic rings. The fourth-order valence-corrected chi connectivity index (χ4v) is 4.43. The maximum atomic E-state index is 12.5. The van der Waals surface area contributed by atoms with Gasteiger partial charge >= 0.3 is 0 Å². The van der Waals surface area contributed by atoms with E-state index >= 15 is 0 Å². The van der Waals surface area contributed by atoms with Crippen LogP contribution in [0, 0.1) is 5.92 Å². The molecule has 0 radical (unpaired) electrons. The second-order valence-electron chi connectivity index (χ2n) is 5.60. The van der Waals surface area contributed by atoms with Gasteiger partial charge in [-0.15, -0.1) is 0 Å². The highest BCUT2D eigenvalue weighted by Gasteiger charge is 2.26. The summed E-state index contributed by atoms with van der Waals surface area (Å²) >= 11 is 0. The Morgan fingerprint density at radius 3 is 2.26 bits per heavy atom. The molecule has 1 heterocycles. The van der Waals surface area contributed by atoms with E-state index in [-0.39, 0.29) is 0 Å². The van der Waals surface area contributed by atoms with Gasteiger partial charge in [0.15, 0.2) is 0 Å². The molecule has 1 saturated heterocycles. The Morgan fingerprint density at radius 2 is 1.79 bits per heavy atom. The van der Waals surface area contributed by atoms with Crippen molar-refractivity contribution in [2.45, 2.75) is 52.4 Å². The number of hydrogen-bond donors (Lipinski definition) is 1. The number of rotatable bonds is 9. The van der Waals surface area contributed by atoms with Crippen LogP contribution in [0.3, 0.4) is 0 Å². The number of hydrogen-bond acceptors (Lipinski definition) is 3. The molecule has 19 heavy (non-hydrogen) atoms. The summed E-state index contributed by atoms with van der Waals surface area (Å²) in [6.45, 7) is 7.49. The summed E-state index contributed by atoms with van der Waals surface area (Å²) in [5, 5.41) is 3.30. The normalized spacial score (nSPS) is 20.9. The van der Waals surface area contributed by atoms with Crippen LogP contribution in [0.5, 0.6) is 0 Å². The predicted molar refractivity (Wildman–Crippen MR) is 80.8 cm³/mol. The Kier molecular flexibility index (Phi) is 7.95. The second kappa shape index (κ2) is 8.93. The highest BCUT2D eigenvalue weighted by molar-refractivity contribution is 7.89. The van der Waals surface area contributed by atoms with E-state index in [2.05, 4.69) is 19.2 Å². The monoisotopic (exact) mass is 290 g/mol. The van der Waals surface area contributed by atoms with Gasteiger partial charge in [0, 0.05) is 13.1 Å². The van der Waals surface area contributed by atoms with Crippen LogP contribution in [0.1, 0.15) is 52.4 Å². The summed E-state index contributed by atoms with van der Waals surface area (Å²) in [5.41, 5.74) is 0. The third kappa shape index (κ3) is 6.23. The van der Waals surface area contributed by atoms with Gasteiger partial charge in [0.1, 0.15) is 0 Å². The molecule has 1 N–H and O–H groups in total. The molecule has 114 valence electrons. The van der Waals surface area contributed by atoms with E-state index < -0.39 is 10.0 Å². The molecular formula is C14H30N2O2S. The Hall–Kier alpha value is -0.130. The van der Waals surface area contributed by atoms with Gasteiger partial charge in [-0.25, -0.2) is 12.7 Å². The minimum Gasteiger partial charge on any atom is -0.316 e. The number of nitrogens with zero attached hydrogens (tertiary/aromatic N) is 1. The summed E-state index contributed by atoms with van der Waals surface area (Å²) in [6, 6.07) is 0. The molecule has 1 aliphatic heterocycles. The lowest BCUT2D eigenvalue weighted by Gasteiger charge is -2.27. The molecule has 0 spiro atoms. The lowest BCUT2D eigenvalue weighted by atomic mass is 10.0. The summed E-state index contributed by atoms with van der Waals surface area (Å²) in [5.74, 6) is 0.623. The number of nitrogens with one attached hydrogen (secondary N) is 1. The summed E-state index contributed by atoms with van der Waals surface area (Å²) in [7, 11) is -3.07. The van der Waals surface area contributed by atoms with Gasteiger partial charge in [0.05, 0.1) is 5.75 Å². The average Bonchev–Trinajstić information content (AvgIpc) is 2.39. The highest BCUT2D eigenvalue weighted by atomic mass is 32.2. The Bertz CT molecular complexity index is 316. The topological polar surface area (TPSA) is 49.4 Å². The van der Waals surface area contributed by atoms with Crippen molar-refractivity contribution in [1.29, 1.82) is 0 Å². The van der Waals surface area contributed by atoms with Gasteiger partial charge < -0.3 is 5.32 Å². The molecule has 1 aliphatic rings. The quantitative estimate of drug-likeness (QED) is 0.708. The minimum atomic E-state index is -3.07. The highest BCUT2D eigenvalue weighted by Crippen LogP contribution is 2.16. The van der Waals surface area contributed by atoms with Gasteiger partial charge in [0.25, 0.3) is 0 Å². The van der Waals surface area contributed by atoms with E-state index in [1.165, 1.54) is 0 Å². The van der Waals surface area contributed by atoms with Crippen LogP contribution in [0.4, 0.5) is 0 Å². The first-order valence-corrected chi connectivity index (χ1v) is 9.39. The van der Waals surface area contributed by atoms with Crippen molar-refractivity contribution >= 4 is 10.0 Å². The predicted octanol–water partition coefficient (Wildman–Crippen LogP) is 2.22. The number of sulfonamides is 1. The molecule has 0 bridgehead atoms. The molecule has 0 aromatic heterocycles. The number of unbranched alkanes of at least 4 members (excludes halogenated alkanes) is 2. The molecule has 1 rings (SSSR count). The molecule has 5 heteroatoms. The van der Waals surface area contributed by atoms with Gasteiger partial charge in [-0.05, 0) is 44.7 Å². The fraction of sp³-hybridized carbons (Fsp3) is 1.00. The third-order valence-corrected chi connectivity index (χ3v) is 5.81. The van der Waals surface area contributed by atoms with Crippen molar-refractivity contribution in [1.82, 2.24) is 9.62 Å². The lowest BCUT2D eigenvalue weighted by molar-refractivity contribution is 0.369. The second-order valence-corrected chi connectivity index (χ2v) is 7.61. The summed E-state index contributed by atoms with van der Waals surface area (Å²) in [4.78, 5) is 0. The first kappa shape index (κ1) is 16.9. The van der Waals surface area contributed by atoms with Crippen molar-refractivity contribution in [3.8, 4) is 0 Å². The van der Waals surface area contributed by atoms with Crippen LogP contribution >= 0.6 is 0 Å². The van der Waals surface area contributed by atoms with Crippen molar-refractivity contribution in [3.63, 3.8) is 0 Å². The van der Waals surface area contributed by atoms with Gasteiger partial charge in [-0.3, -0.25) is 0 Å².